The number of nitrogens with two attached hydrogens (primary N) is 1. The Morgan fingerprint density at radius 3 is 2.76 bits per heavy atom. The van der Waals surface area contributed by atoms with Crippen LogP contribution in [-0.4, -0.2) is 24.6 Å². The molecular formula is C15H15ClN2O3. The van der Waals surface area contributed by atoms with Crippen molar-refractivity contribution >= 4 is 17.5 Å². The molecule has 6 heteroatoms. The number of benzene rings is 1. The molecule has 2 aromatic rings. The number of methoxy groups -OCH3 is 1. The first-order valence-electron chi connectivity index (χ1n) is 6.23. The third-order valence-electron chi connectivity index (χ3n) is 2.83. The molecule has 0 aliphatic carbocycles. The molecule has 21 heavy (non-hydrogen) atoms. The number of carbonyl (C=O) groups is 1. The Bertz CT molecular complexity index is 674. The van der Waals surface area contributed by atoms with E-state index in [1.807, 2.05) is 19.1 Å². The van der Waals surface area contributed by atoms with Gasteiger partial charge in [0.15, 0.2) is 6.61 Å². The molecule has 1 aromatic heterocycles. The van der Waals surface area contributed by atoms with E-state index in [-0.39, 0.29) is 6.61 Å². The van der Waals surface area contributed by atoms with E-state index in [4.69, 9.17) is 26.8 Å². The molecule has 0 radical (unpaired) electrons. The lowest BCUT2D eigenvalue weighted by molar-refractivity contribution is -0.119. The quantitative estimate of drug-likeness (QED) is 0.921. The number of aryl methyl sites for hydroxylation is 1. The zero-order chi connectivity index (χ0) is 15.4. The molecule has 0 fully saturated rings. The van der Waals surface area contributed by atoms with E-state index in [9.17, 15) is 4.79 Å². The molecule has 0 aliphatic heterocycles. The van der Waals surface area contributed by atoms with Gasteiger partial charge in [-0.2, -0.15) is 0 Å². The fourth-order valence-corrected chi connectivity index (χ4v) is 2.07. The molecule has 110 valence electrons. The minimum absolute atomic E-state index is 0.199. The van der Waals surface area contributed by atoms with Gasteiger partial charge in [-0.1, -0.05) is 23.2 Å². The lowest BCUT2D eigenvalue weighted by Gasteiger charge is -2.13. The van der Waals surface area contributed by atoms with Crippen molar-refractivity contribution in [2.45, 2.75) is 6.92 Å². The van der Waals surface area contributed by atoms with Crippen molar-refractivity contribution in [2.24, 2.45) is 5.73 Å². The Morgan fingerprint density at radius 1 is 1.33 bits per heavy atom. The molecule has 1 aromatic carbocycles. The predicted molar refractivity (Wildman–Crippen MR) is 80.7 cm³/mol. The number of aromatic nitrogens is 1. The summed E-state index contributed by atoms with van der Waals surface area (Å²) >= 11 is 6.21. The average Bonchev–Trinajstić information content (AvgIpc) is 2.46. The molecule has 1 amide bonds. The molecule has 0 spiro atoms. The third-order valence-corrected chi connectivity index (χ3v) is 3.14. The fraction of sp³-hybridized carbons (Fsp3) is 0.200. The molecule has 0 saturated heterocycles. The van der Waals surface area contributed by atoms with Crippen molar-refractivity contribution in [2.75, 3.05) is 13.7 Å². The minimum atomic E-state index is -0.542. The summed E-state index contributed by atoms with van der Waals surface area (Å²) in [4.78, 5) is 14.9. The molecular weight excluding hydrogens is 292 g/mol. The monoisotopic (exact) mass is 306 g/mol. The first-order chi connectivity index (χ1) is 10.0. The Morgan fingerprint density at radius 2 is 2.10 bits per heavy atom. The van der Waals surface area contributed by atoms with Crippen LogP contribution in [0.3, 0.4) is 0 Å². The first kappa shape index (κ1) is 15.1. The van der Waals surface area contributed by atoms with Gasteiger partial charge in [-0.05, 0) is 19.1 Å². The van der Waals surface area contributed by atoms with Crippen LogP contribution in [0.2, 0.25) is 5.02 Å². The second-order valence-electron chi connectivity index (χ2n) is 4.46. The van der Waals surface area contributed by atoms with Gasteiger partial charge in [-0.25, -0.2) is 4.98 Å². The predicted octanol–water partition coefficient (Wildman–Crippen LogP) is 2.58. The highest BCUT2D eigenvalue weighted by Crippen LogP contribution is 2.36. The molecule has 0 saturated carbocycles. The number of ether oxygens (including phenoxy) is 2. The van der Waals surface area contributed by atoms with Gasteiger partial charge in [0.2, 0.25) is 5.88 Å². The lowest BCUT2D eigenvalue weighted by atomic mass is 10.0. The second kappa shape index (κ2) is 6.45. The van der Waals surface area contributed by atoms with E-state index in [0.717, 1.165) is 11.1 Å². The summed E-state index contributed by atoms with van der Waals surface area (Å²) < 4.78 is 10.6. The van der Waals surface area contributed by atoms with E-state index in [2.05, 4.69) is 4.98 Å². The van der Waals surface area contributed by atoms with Gasteiger partial charge in [0.05, 0.1) is 18.3 Å². The second-order valence-corrected chi connectivity index (χ2v) is 4.87. The Labute approximate surface area is 127 Å². The topological polar surface area (TPSA) is 74.4 Å². The van der Waals surface area contributed by atoms with Crippen LogP contribution in [0.5, 0.6) is 11.6 Å². The lowest BCUT2D eigenvalue weighted by Crippen LogP contribution is -2.20. The molecule has 2 rings (SSSR count). The van der Waals surface area contributed by atoms with Gasteiger partial charge in [0, 0.05) is 17.2 Å². The smallest absolute Gasteiger partial charge is 0.255 e. The summed E-state index contributed by atoms with van der Waals surface area (Å²) in [6.07, 6.45) is 1.51. The third kappa shape index (κ3) is 3.64. The number of primary amides is 1. The van der Waals surface area contributed by atoms with Crippen LogP contribution < -0.4 is 15.2 Å². The number of hydrogen-bond acceptors (Lipinski definition) is 4. The van der Waals surface area contributed by atoms with Crippen molar-refractivity contribution in [3.63, 3.8) is 0 Å². The van der Waals surface area contributed by atoms with Gasteiger partial charge in [0.1, 0.15) is 5.75 Å². The van der Waals surface area contributed by atoms with Crippen LogP contribution in [0.25, 0.3) is 11.1 Å². The number of halogens is 1. The molecule has 5 nitrogen and oxygen atoms in total. The molecule has 1 heterocycles. The highest BCUT2D eigenvalue weighted by molar-refractivity contribution is 6.33. The number of hydrogen-bond donors (Lipinski definition) is 1. The normalized spacial score (nSPS) is 10.2. The number of rotatable bonds is 5. The number of nitrogens with zero attached hydrogens (tertiary/aromatic N) is 1. The molecule has 0 bridgehead atoms. The van der Waals surface area contributed by atoms with Crippen LogP contribution in [0.1, 0.15) is 5.56 Å². The van der Waals surface area contributed by atoms with Gasteiger partial charge in [-0.15, -0.1) is 0 Å². The van der Waals surface area contributed by atoms with E-state index in [1.165, 1.54) is 13.3 Å². The summed E-state index contributed by atoms with van der Waals surface area (Å²) in [7, 11) is 1.53. The van der Waals surface area contributed by atoms with E-state index >= 15 is 0 Å². The molecule has 0 unspecified atom stereocenters. The summed E-state index contributed by atoms with van der Waals surface area (Å²) in [6, 6.07) is 7.29. The van der Waals surface area contributed by atoms with Crippen LogP contribution in [0.4, 0.5) is 0 Å². The average molecular weight is 307 g/mol. The first-order valence-corrected chi connectivity index (χ1v) is 6.60. The van der Waals surface area contributed by atoms with Crippen LogP contribution in [0, 0.1) is 6.92 Å². The van der Waals surface area contributed by atoms with Gasteiger partial charge in [-0.3, -0.25) is 4.79 Å². The van der Waals surface area contributed by atoms with Crippen molar-refractivity contribution in [3.8, 4) is 22.8 Å². The summed E-state index contributed by atoms with van der Waals surface area (Å²) in [5.41, 5.74) is 7.61. The minimum Gasteiger partial charge on any atom is -0.483 e. The SMILES string of the molecule is COc1cc(-c2cc(C)ccc2OCC(N)=O)c(Cl)cn1. The van der Waals surface area contributed by atoms with E-state index in [1.54, 1.807) is 12.1 Å². The highest BCUT2D eigenvalue weighted by Gasteiger charge is 2.13. The molecule has 2 N–H and O–H groups in total. The van der Waals surface area contributed by atoms with Crippen LogP contribution in [-0.2, 0) is 4.79 Å². The number of carbonyl (C=O) groups excluding carboxylic acids is 1. The summed E-state index contributed by atoms with van der Waals surface area (Å²) in [5, 5.41) is 0.463. The maximum Gasteiger partial charge on any atom is 0.255 e. The van der Waals surface area contributed by atoms with Gasteiger partial charge >= 0.3 is 0 Å². The fourth-order valence-electron chi connectivity index (χ4n) is 1.87. The maximum absolute atomic E-state index is 10.9. The van der Waals surface area contributed by atoms with Crippen LogP contribution in [0.15, 0.2) is 30.5 Å². The maximum atomic E-state index is 10.9. The standard InChI is InChI=1S/C15H15ClN2O3/c1-9-3-4-13(21-8-14(17)19)11(5-9)10-6-15(20-2)18-7-12(10)16/h3-7H,8H2,1-2H3,(H2,17,19). The van der Waals surface area contributed by atoms with Crippen LogP contribution >= 0.6 is 11.6 Å². The Kier molecular flexibility index (Phi) is 4.65. The summed E-state index contributed by atoms with van der Waals surface area (Å²) in [5.74, 6) is 0.422. The highest BCUT2D eigenvalue weighted by atomic mass is 35.5. The zero-order valence-electron chi connectivity index (χ0n) is 11.7. The Balaban J connectivity index is 2.51. The summed E-state index contributed by atoms with van der Waals surface area (Å²) in [6.45, 7) is 1.75. The Hall–Kier alpha value is -2.27. The zero-order valence-corrected chi connectivity index (χ0v) is 12.5. The van der Waals surface area contributed by atoms with Crippen molar-refractivity contribution < 1.29 is 14.3 Å². The largest absolute Gasteiger partial charge is 0.483 e. The van der Waals surface area contributed by atoms with Crippen molar-refractivity contribution in [1.82, 2.24) is 4.98 Å². The van der Waals surface area contributed by atoms with Crippen molar-refractivity contribution in [1.29, 1.82) is 0 Å². The number of amides is 1. The van der Waals surface area contributed by atoms with Crippen molar-refractivity contribution in [3.05, 3.63) is 41.0 Å². The molecule has 0 atom stereocenters. The molecule has 0 aliphatic rings. The number of pyridine rings is 1. The van der Waals surface area contributed by atoms with Gasteiger partial charge < -0.3 is 15.2 Å². The van der Waals surface area contributed by atoms with Gasteiger partial charge in [0.25, 0.3) is 5.91 Å². The van der Waals surface area contributed by atoms with E-state index in [0.29, 0.717) is 22.2 Å². The van der Waals surface area contributed by atoms with E-state index < -0.39 is 5.91 Å².